The number of rotatable bonds is 4. The first-order valence-corrected chi connectivity index (χ1v) is 10.7. The third-order valence-corrected chi connectivity index (χ3v) is 6.06. The van der Waals surface area contributed by atoms with Crippen molar-refractivity contribution >= 4 is 23.1 Å². The van der Waals surface area contributed by atoms with Gasteiger partial charge in [0.25, 0.3) is 11.7 Å². The molecule has 1 amide bonds. The molecule has 1 N–H and O–H groups in total. The summed E-state index contributed by atoms with van der Waals surface area (Å²) in [5.74, 6) is -0.824. The van der Waals surface area contributed by atoms with Gasteiger partial charge in [-0.1, -0.05) is 36.4 Å². The number of hydrogen-bond donors (Lipinski definition) is 1. The Balaban J connectivity index is 1.63. The van der Waals surface area contributed by atoms with Crippen LogP contribution >= 0.6 is 0 Å². The van der Waals surface area contributed by atoms with Crippen LogP contribution in [0, 0.1) is 0 Å². The van der Waals surface area contributed by atoms with Gasteiger partial charge in [-0.2, -0.15) is 0 Å². The Morgan fingerprint density at radius 2 is 1.94 bits per heavy atom. The Morgan fingerprint density at radius 1 is 1.12 bits per heavy atom. The van der Waals surface area contributed by atoms with E-state index in [9.17, 15) is 14.7 Å². The van der Waals surface area contributed by atoms with E-state index in [1.54, 1.807) is 36.7 Å². The number of carbonyl (C=O) groups is 2. The summed E-state index contributed by atoms with van der Waals surface area (Å²) in [5, 5.41) is 11.3. The normalized spacial score (nSPS) is 19.4. The highest BCUT2D eigenvalue weighted by atomic mass is 16.5. The van der Waals surface area contributed by atoms with Crippen molar-refractivity contribution in [3.05, 3.63) is 95.3 Å². The molecule has 33 heavy (non-hydrogen) atoms. The lowest BCUT2D eigenvalue weighted by Gasteiger charge is -2.28. The lowest BCUT2D eigenvalue weighted by atomic mass is 9.95. The average Bonchev–Trinajstić information content (AvgIpc) is 3.10. The van der Waals surface area contributed by atoms with Crippen molar-refractivity contribution < 1.29 is 19.4 Å². The van der Waals surface area contributed by atoms with Gasteiger partial charge in [-0.25, -0.2) is 0 Å². The molecule has 7 heteroatoms. The van der Waals surface area contributed by atoms with Crippen molar-refractivity contribution in [3.8, 4) is 5.75 Å². The predicted molar refractivity (Wildman–Crippen MR) is 124 cm³/mol. The van der Waals surface area contributed by atoms with E-state index in [4.69, 9.17) is 4.74 Å². The van der Waals surface area contributed by atoms with Crippen LogP contribution in [-0.2, 0) is 16.1 Å². The Hall–Kier alpha value is -4.13. The fraction of sp³-hybridized carbons (Fsp3) is 0.192. The van der Waals surface area contributed by atoms with Gasteiger partial charge in [0.1, 0.15) is 18.1 Å². The lowest BCUT2D eigenvalue weighted by molar-refractivity contribution is -0.140. The minimum absolute atomic E-state index is 0.0782. The number of aliphatic hydroxyl groups excluding tert-OH is 1. The number of likely N-dealkylation sites (tertiary alicyclic amines) is 1. The Kier molecular flexibility index (Phi) is 5.30. The number of likely N-dealkylation sites (N-methyl/N-ethyl adjacent to an activating group) is 1. The van der Waals surface area contributed by atoms with Crippen LogP contribution in [-0.4, -0.2) is 46.9 Å². The number of Topliss-reactive ketones (excluding diaryl/α,β-unsaturated/α-hetero) is 1. The van der Waals surface area contributed by atoms with Crippen molar-refractivity contribution in [2.45, 2.75) is 12.6 Å². The summed E-state index contributed by atoms with van der Waals surface area (Å²) < 4.78 is 5.69. The highest BCUT2D eigenvalue weighted by Crippen LogP contribution is 2.41. The summed E-state index contributed by atoms with van der Waals surface area (Å²) in [6, 6.07) is 17.5. The molecule has 3 aromatic rings. The van der Waals surface area contributed by atoms with E-state index >= 15 is 0 Å². The second kappa shape index (κ2) is 8.43. The van der Waals surface area contributed by atoms with E-state index in [1.165, 1.54) is 4.90 Å². The van der Waals surface area contributed by atoms with Crippen LogP contribution in [0.5, 0.6) is 5.75 Å². The number of aromatic nitrogens is 1. The smallest absolute Gasteiger partial charge is 0.295 e. The van der Waals surface area contributed by atoms with Gasteiger partial charge in [-0.3, -0.25) is 14.6 Å². The first kappa shape index (κ1) is 20.8. The number of ether oxygens (including phenoxy) is 1. The SMILES string of the molecule is CN1CCOc2ccc(/C(O)=C3/C(=O)C(=O)N(Cc4cccnc4)C3c3ccccc3)cc21. The number of ketones is 1. The van der Waals surface area contributed by atoms with Crippen LogP contribution in [0.3, 0.4) is 0 Å². The number of carbonyl (C=O) groups excluding carboxylic acids is 2. The second-order valence-electron chi connectivity index (χ2n) is 8.15. The summed E-state index contributed by atoms with van der Waals surface area (Å²) in [7, 11) is 1.95. The number of fused-ring (bicyclic) bond motifs is 1. The molecule has 0 spiro atoms. The molecule has 0 aliphatic carbocycles. The van der Waals surface area contributed by atoms with E-state index in [-0.39, 0.29) is 17.9 Å². The number of aliphatic hydroxyl groups is 1. The number of pyridine rings is 1. The third kappa shape index (κ3) is 3.71. The predicted octanol–water partition coefficient (Wildman–Crippen LogP) is 3.53. The van der Waals surface area contributed by atoms with Gasteiger partial charge < -0.3 is 19.6 Å². The maximum atomic E-state index is 13.2. The molecule has 1 saturated heterocycles. The average molecular weight is 441 g/mol. The molecule has 166 valence electrons. The van der Waals surface area contributed by atoms with Gasteiger partial charge in [-0.15, -0.1) is 0 Å². The molecule has 7 nitrogen and oxygen atoms in total. The molecule has 0 saturated carbocycles. The van der Waals surface area contributed by atoms with E-state index in [0.717, 1.165) is 29.1 Å². The van der Waals surface area contributed by atoms with Crippen LogP contribution in [0.2, 0.25) is 0 Å². The highest BCUT2D eigenvalue weighted by molar-refractivity contribution is 6.46. The summed E-state index contributed by atoms with van der Waals surface area (Å²) >= 11 is 0. The van der Waals surface area contributed by atoms with Gasteiger partial charge in [0.2, 0.25) is 0 Å². The van der Waals surface area contributed by atoms with Crippen molar-refractivity contribution in [1.82, 2.24) is 9.88 Å². The van der Waals surface area contributed by atoms with Gasteiger partial charge in [0.15, 0.2) is 0 Å². The molecule has 5 rings (SSSR count). The van der Waals surface area contributed by atoms with Gasteiger partial charge in [-0.05, 0) is 35.4 Å². The maximum absolute atomic E-state index is 13.2. The summed E-state index contributed by atoms with van der Waals surface area (Å²) in [6.45, 7) is 1.51. The summed E-state index contributed by atoms with van der Waals surface area (Å²) in [4.78, 5) is 33.9. The van der Waals surface area contributed by atoms with Gasteiger partial charge >= 0.3 is 0 Å². The van der Waals surface area contributed by atoms with Crippen LogP contribution in [0.1, 0.15) is 22.7 Å². The fourth-order valence-corrected chi connectivity index (χ4v) is 4.37. The molecule has 2 aliphatic rings. The van der Waals surface area contributed by atoms with E-state index in [2.05, 4.69) is 4.98 Å². The standard InChI is InChI=1S/C26H23N3O4/c1-28-12-13-33-21-10-9-19(14-20(21)28)24(30)22-23(18-7-3-2-4-8-18)29(26(32)25(22)31)16-17-6-5-11-27-15-17/h2-11,14-15,23,30H,12-13,16H2,1H3/b24-22-. The quantitative estimate of drug-likeness (QED) is 0.379. The number of benzene rings is 2. The number of hydrogen-bond acceptors (Lipinski definition) is 6. The monoisotopic (exact) mass is 441 g/mol. The third-order valence-electron chi connectivity index (χ3n) is 6.06. The van der Waals surface area contributed by atoms with Gasteiger partial charge in [0, 0.05) is 31.5 Å². The molecule has 0 bridgehead atoms. The second-order valence-corrected chi connectivity index (χ2v) is 8.15. The molecular weight excluding hydrogens is 418 g/mol. The number of anilines is 1. The van der Waals surface area contributed by atoms with Crippen molar-refractivity contribution in [3.63, 3.8) is 0 Å². The van der Waals surface area contributed by atoms with E-state index < -0.39 is 17.7 Å². The zero-order chi connectivity index (χ0) is 22.9. The minimum atomic E-state index is -0.712. The van der Waals surface area contributed by atoms with Crippen LogP contribution in [0.25, 0.3) is 5.76 Å². The Bertz CT molecular complexity index is 1240. The molecule has 2 aliphatic heterocycles. The molecule has 1 aromatic heterocycles. The van der Waals surface area contributed by atoms with Crippen LogP contribution < -0.4 is 9.64 Å². The number of nitrogens with zero attached hydrogens (tertiary/aromatic N) is 3. The molecule has 3 heterocycles. The first-order chi connectivity index (χ1) is 16.0. The topological polar surface area (TPSA) is 83.0 Å². The van der Waals surface area contributed by atoms with Crippen LogP contribution in [0.4, 0.5) is 5.69 Å². The van der Waals surface area contributed by atoms with Crippen molar-refractivity contribution in [2.24, 2.45) is 0 Å². The van der Waals surface area contributed by atoms with Crippen LogP contribution in [0.15, 0.2) is 78.6 Å². The highest BCUT2D eigenvalue weighted by Gasteiger charge is 2.46. The Morgan fingerprint density at radius 3 is 2.70 bits per heavy atom. The minimum Gasteiger partial charge on any atom is -0.507 e. The first-order valence-electron chi connectivity index (χ1n) is 10.7. The summed E-state index contributed by atoms with van der Waals surface area (Å²) in [5.41, 5.74) is 2.92. The van der Waals surface area contributed by atoms with Crippen molar-refractivity contribution in [2.75, 3.05) is 25.1 Å². The maximum Gasteiger partial charge on any atom is 0.295 e. The molecule has 1 fully saturated rings. The molecule has 2 aromatic carbocycles. The van der Waals surface area contributed by atoms with Gasteiger partial charge in [0.05, 0.1) is 23.8 Å². The van der Waals surface area contributed by atoms with E-state index in [0.29, 0.717) is 12.2 Å². The molecule has 0 radical (unpaired) electrons. The lowest BCUT2D eigenvalue weighted by Crippen LogP contribution is -2.29. The van der Waals surface area contributed by atoms with Crippen molar-refractivity contribution in [1.29, 1.82) is 0 Å². The molecule has 1 unspecified atom stereocenters. The zero-order valence-electron chi connectivity index (χ0n) is 18.1. The Labute approximate surface area is 191 Å². The number of amides is 1. The summed E-state index contributed by atoms with van der Waals surface area (Å²) in [6.07, 6.45) is 3.32. The fourth-order valence-electron chi connectivity index (χ4n) is 4.37. The van der Waals surface area contributed by atoms with E-state index in [1.807, 2.05) is 48.3 Å². The molecular formula is C26H23N3O4. The zero-order valence-corrected chi connectivity index (χ0v) is 18.1. The largest absolute Gasteiger partial charge is 0.507 e. The molecule has 1 atom stereocenters.